The molecule has 2 aromatic rings. The average molecular weight is 307 g/mol. The number of H-pyrrole nitrogens is 1. The number of benzene rings is 1. The Hall–Kier alpha value is -2.35. The number of aromatic nitrogens is 2. The second kappa shape index (κ2) is 4.59. The first kappa shape index (κ1) is 13.6. The lowest BCUT2D eigenvalue weighted by atomic mass is 10.0. The van der Waals surface area contributed by atoms with E-state index in [1.165, 1.54) is 6.20 Å². The van der Waals surface area contributed by atoms with Gasteiger partial charge < -0.3 is 10.1 Å². The largest absolute Gasteiger partial charge is 0.481 e. The predicted molar refractivity (Wildman–Crippen MR) is 74.7 cm³/mol. The molecule has 0 aliphatic carbocycles. The summed E-state index contributed by atoms with van der Waals surface area (Å²) in [6, 6.07) is 6.63. The van der Waals surface area contributed by atoms with E-state index >= 15 is 0 Å². The van der Waals surface area contributed by atoms with Gasteiger partial charge in [0.1, 0.15) is 11.7 Å². The van der Waals surface area contributed by atoms with Crippen LogP contribution in [0, 0.1) is 6.92 Å². The summed E-state index contributed by atoms with van der Waals surface area (Å²) < 4.78 is 26.4. The fourth-order valence-electron chi connectivity index (χ4n) is 2.46. The van der Waals surface area contributed by atoms with Crippen molar-refractivity contribution in [2.45, 2.75) is 17.9 Å². The molecule has 0 bridgehead atoms. The van der Waals surface area contributed by atoms with Crippen LogP contribution in [0.5, 0.6) is 0 Å². The van der Waals surface area contributed by atoms with E-state index in [2.05, 4.69) is 9.97 Å². The molecule has 21 heavy (non-hydrogen) atoms. The van der Waals surface area contributed by atoms with Crippen LogP contribution < -0.4 is 4.31 Å². The van der Waals surface area contributed by atoms with E-state index < -0.39 is 21.9 Å². The average Bonchev–Trinajstić information content (AvgIpc) is 3.02. The third kappa shape index (κ3) is 2.07. The summed E-state index contributed by atoms with van der Waals surface area (Å²) in [7, 11) is -3.85. The molecule has 0 saturated heterocycles. The number of imidazole rings is 1. The van der Waals surface area contributed by atoms with E-state index in [0.29, 0.717) is 17.1 Å². The highest BCUT2D eigenvalue weighted by Crippen LogP contribution is 2.39. The number of anilines is 1. The lowest BCUT2D eigenvalue weighted by Crippen LogP contribution is -2.31. The molecule has 1 aliphatic rings. The number of carboxylic acids is 1. The van der Waals surface area contributed by atoms with Crippen LogP contribution >= 0.6 is 0 Å². The highest BCUT2D eigenvalue weighted by molar-refractivity contribution is 7.92. The first-order valence-electron chi connectivity index (χ1n) is 6.27. The van der Waals surface area contributed by atoms with Gasteiger partial charge in [-0.3, -0.25) is 9.10 Å². The number of aliphatic carboxylic acids is 1. The minimum Gasteiger partial charge on any atom is -0.481 e. The zero-order chi connectivity index (χ0) is 15.2. The van der Waals surface area contributed by atoms with Crippen LogP contribution in [0.2, 0.25) is 0 Å². The van der Waals surface area contributed by atoms with Gasteiger partial charge in [0.15, 0.2) is 5.03 Å². The molecule has 1 aliphatic heterocycles. The van der Waals surface area contributed by atoms with Gasteiger partial charge in [0.05, 0.1) is 18.4 Å². The van der Waals surface area contributed by atoms with Crippen molar-refractivity contribution < 1.29 is 18.3 Å². The van der Waals surface area contributed by atoms with Crippen LogP contribution in [0.4, 0.5) is 5.69 Å². The Balaban J connectivity index is 2.10. The van der Waals surface area contributed by atoms with Crippen molar-refractivity contribution in [3.05, 3.63) is 41.9 Å². The maximum atomic E-state index is 12.6. The number of aromatic amines is 1. The van der Waals surface area contributed by atoms with Crippen molar-refractivity contribution in [2.75, 3.05) is 10.8 Å². The molecule has 0 fully saturated rings. The first-order valence-corrected chi connectivity index (χ1v) is 7.71. The van der Waals surface area contributed by atoms with Crippen molar-refractivity contribution in [2.24, 2.45) is 0 Å². The van der Waals surface area contributed by atoms with E-state index in [1.54, 1.807) is 31.2 Å². The number of fused-ring (bicyclic) bond motifs is 1. The summed E-state index contributed by atoms with van der Waals surface area (Å²) in [5.41, 5.74) is 0.905. The van der Waals surface area contributed by atoms with E-state index in [0.717, 1.165) is 4.31 Å². The van der Waals surface area contributed by atoms with E-state index in [1.807, 2.05) is 0 Å². The van der Waals surface area contributed by atoms with Gasteiger partial charge in [-0.2, -0.15) is 8.42 Å². The van der Waals surface area contributed by atoms with E-state index in [-0.39, 0.29) is 11.6 Å². The Labute approximate surface area is 121 Å². The highest BCUT2D eigenvalue weighted by atomic mass is 32.2. The highest BCUT2D eigenvalue weighted by Gasteiger charge is 2.40. The molecule has 2 N–H and O–H groups in total. The van der Waals surface area contributed by atoms with Crippen LogP contribution in [0.25, 0.3) is 0 Å². The molecule has 0 radical (unpaired) electrons. The van der Waals surface area contributed by atoms with Gasteiger partial charge in [0.2, 0.25) is 0 Å². The third-order valence-corrected chi connectivity index (χ3v) is 5.16. The quantitative estimate of drug-likeness (QED) is 0.883. The SMILES string of the molecule is Cc1ncc(S(=O)(=O)N2CC(C(=O)O)c3ccccc32)[nH]1. The van der Waals surface area contributed by atoms with Crippen LogP contribution in [-0.4, -0.2) is 36.0 Å². The van der Waals surface area contributed by atoms with Gasteiger partial charge in [-0.1, -0.05) is 18.2 Å². The second-order valence-electron chi connectivity index (χ2n) is 4.82. The Morgan fingerprint density at radius 3 is 2.76 bits per heavy atom. The molecule has 0 saturated carbocycles. The topological polar surface area (TPSA) is 103 Å². The summed E-state index contributed by atoms with van der Waals surface area (Å²) in [6.45, 7) is 1.53. The van der Waals surface area contributed by atoms with Crippen LogP contribution in [-0.2, 0) is 14.8 Å². The number of hydrogen-bond acceptors (Lipinski definition) is 4. The second-order valence-corrected chi connectivity index (χ2v) is 6.65. The molecule has 1 atom stereocenters. The van der Waals surface area contributed by atoms with Gasteiger partial charge in [0, 0.05) is 0 Å². The number of carbonyl (C=O) groups is 1. The van der Waals surface area contributed by atoms with Gasteiger partial charge in [0.25, 0.3) is 10.0 Å². The number of sulfonamides is 1. The van der Waals surface area contributed by atoms with E-state index in [4.69, 9.17) is 0 Å². The molecule has 0 spiro atoms. The fourth-order valence-corrected chi connectivity index (χ4v) is 3.93. The number of hydrogen-bond donors (Lipinski definition) is 2. The minimum atomic E-state index is -3.85. The molecule has 1 unspecified atom stereocenters. The van der Waals surface area contributed by atoms with Crippen molar-refractivity contribution in [1.82, 2.24) is 9.97 Å². The number of para-hydroxylation sites is 1. The Morgan fingerprint density at radius 1 is 1.43 bits per heavy atom. The molecule has 2 heterocycles. The normalized spacial score (nSPS) is 17.8. The summed E-state index contributed by atoms with van der Waals surface area (Å²) in [4.78, 5) is 17.9. The molecule has 110 valence electrons. The number of rotatable bonds is 3. The van der Waals surface area contributed by atoms with Crippen LogP contribution in [0.3, 0.4) is 0 Å². The third-order valence-electron chi connectivity index (χ3n) is 3.47. The number of aryl methyl sites for hydroxylation is 1. The smallest absolute Gasteiger partial charge is 0.312 e. The Bertz CT molecular complexity index is 812. The number of nitrogens with one attached hydrogen (secondary N) is 1. The fraction of sp³-hybridized carbons (Fsp3) is 0.231. The molecule has 1 aromatic heterocycles. The molecular formula is C13H13N3O4S. The lowest BCUT2D eigenvalue weighted by Gasteiger charge is -2.18. The van der Waals surface area contributed by atoms with Gasteiger partial charge in [-0.25, -0.2) is 4.98 Å². The zero-order valence-electron chi connectivity index (χ0n) is 11.1. The van der Waals surface area contributed by atoms with Crippen molar-refractivity contribution in [1.29, 1.82) is 0 Å². The van der Waals surface area contributed by atoms with E-state index in [9.17, 15) is 18.3 Å². The molecular weight excluding hydrogens is 294 g/mol. The van der Waals surface area contributed by atoms with Gasteiger partial charge in [-0.15, -0.1) is 0 Å². The lowest BCUT2D eigenvalue weighted by molar-refractivity contribution is -0.138. The van der Waals surface area contributed by atoms with Crippen molar-refractivity contribution >= 4 is 21.7 Å². The summed E-state index contributed by atoms with van der Waals surface area (Å²) in [5, 5.41) is 9.24. The molecule has 7 nitrogen and oxygen atoms in total. The van der Waals surface area contributed by atoms with Gasteiger partial charge >= 0.3 is 5.97 Å². The molecule has 0 amide bonds. The molecule has 8 heteroatoms. The predicted octanol–water partition coefficient (Wildman–Crippen LogP) is 1.10. The molecule has 3 rings (SSSR count). The standard InChI is InChI=1S/C13H13N3O4S/c1-8-14-6-12(15-8)21(19,20)16-7-10(13(17)18)9-4-2-3-5-11(9)16/h2-6,10H,7H2,1H3,(H,14,15)(H,17,18). The van der Waals surface area contributed by atoms with Crippen molar-refractivity contribution in [3.63, 3.8) is 0 Å². The van der Waals surface area contributed by atoms with Crippen molar-refractivity contribution in [3.8, 4) is 0 Å². The van der Waals surface area contributed by atoms with Gasteiger partial charge in [-0.05, 0) is 18.6 Å². The maximum absolute atomic E-state index is 12.6. The minimum absolute atomic E-state index is 0.0409. The Morgan fingerprint density at radius 2 is 2.14 bits per heavy atom. The summed E-state index contributed by atoms with van der Waals surface area (Å²) in [5.74, 6) is -1.42. The summed E-state index contributed by atoms with van der Waals surface area (Å²) >= 11 is 0. The summed E-state index contributed by atoms with van der Waals surface area (Å²) in [6.07, 6.45) is 1.24. The Kier molecular flexibility index (Phi) is 2.98. The van der Waals surface area contributed by atoms with Crippen LogP contribution in [0.1, 0.15) is 17.3 Å². The zero-order valence-corrected chi connectivity index (χ0v) is 12.0. The number of nitrogens with zero attached hydrogens (tertiary/aromatic N) is 2. The van der Waals surface area contributed by atoms with Crippen LogP contribution in [0.15, 0.2) is 35.5 Å². The maximum Gasteiger partial charge on any atom is 0.312 e. The monoisotopic (exact) mass is 307 g/mol. The number of carboxylic acid groups (broad SMARTS) is 1. The first-order chi connectivity index (χ1) is 9.91. The molecule has 1 aromatic carbocycles.